The molecule has 2 aromatic carbocycles. The highest BCUT2D eigenvalue weighted by atomic mass is 16.2. The average Bonchev–Trinajstić information content (AvgIpc) is 2.49. The number of benzene rings is 2. The molecule has 0 saturated carbocycles. The van der Waals surface area contributed by atoms with Gasteiger partial charge in [-0.3, -0.25) is 5.43 Å². The van der Waals surface area contributed by atoms with Gasteiger partial charge in [0.2, 0.25) is 0 Å². The molecule has 0 saturated heterocycles. The van der Waals surface area contributed by atoms with E-state index in [1.165, 1.54) is 5.01 Å². The molecule has 96 valence electrons. The smallest absolute Gasteiger partial charge is 0.274 e. The molecule has 2 aromatic rings. The van der Waals surface area contributed by atoms with Crippen LogP contribution in [0.1, 0.15) is 5.56 Å². The van der Waals surface area contributed by atoms with Crippen molar-refractivity contribution in [2.75, 3.05) is 5.01 Å². The molecule has 0 fully saturated rings. The summed E-state index contributed by atoms with van der Waals surface area (Å²) in [6.45, 7) is 0. The Morgan fingerprint density at radius 2 is 1.63 bits per heavy atom. The minimum absolute atomic E-state index is 0.501. The summed E-state index contributed by atoms with van der Waals surface area (Å²) >= 11 is 0. The van der Waals surface area contributed by atoms with Crippen LogP contribution < -0.4 is 16.3 Å². The number of hydrazone groups is 1. The van der Waals surface area contributed by atoms with Crippen LogP contribution in [0, 0.1) is 0 Å². The molecular weight excluding hydrogens is 240 g/mol. The van der Waals surface area contributed by atoms with Gasteiger partial charge in [-0.1, -0.05) is 48.5 Å². The molecule has 5 nitrogen and oxygen atoms in total. The Morgan fingerprint density at radius 3 is 2.21 bits per heavy atom. The number of rotatable bonds is 3. The summed E-state index contributed by atoms with van der Waals surface area (Å²) in [5.41, 5.74) is 3.61. The maximum Gasteiger partial charge on any atom is 0.356 e. The molecule has 19 heavy (non-hydrogen) atoms. The summed E-state index contributed by atoms with van der Waals surface area (Å²) < 4.78 is 0. The number of hydrazine groups is 1. The van der Waals surface area contributed by atoms with E-state index in [9.17, 15) is 4.79 Å². The highest BCUT2D eigenvalue weighted by Crippen LogP contribution is 2.13. The molecule has 2 amide bonds. The zero-order valence-corrected chi connectivity index (χ0v) is 10.2. The molecule has 0 radical (unpaired) electrons. The molecule has 0 aromatic heterocycles. The highest BCUT2D eigenvalue weighted by Gasteiger charge is 2.12. The van der Waals surface area contributed by atoms with Crippen molar-refractivity contribution in [1.29, 1.82) is 0 Å². The van der Waals surface area contributed by atoms with Crippen LogP contribution in [-0.4, -0.2) is 12.2 Å². The molecule has 0 spiro atoms. The molecule has 0 aliphatic carbocycles. The number of carbonyl (C=O) groups is 1. The monoisotopic (exact) mass is 254 g/mol. The van der Waals surface area contributed by atoms with E-state index in [0.717, 1.165) is 5.56 Å². The van der Waals surface area contributed by atoms with Crippen LogP contribution in [0.5, 0.6) is 0 Å². The predicted octanol–water partition coefficient (Wildman–Crippen LogP) is 2.11. The molecule has 0 heterocycles. The zero-order valence-electron chi connectivity index (χ0n) is 10.2. The van der Waals surface area contributed by atoms with E-state index in [1.807, 2.05) is 48.5 Å². The molecule has 0 aliphatic rings. The second-order valence-corrected chi connectivity index (χ2v) is 3.75. The van der Waals surface area contributed by atoms with E-state index in [-0.39, 0.29) is 0 Å². The van der Waals surface area contributed by atoms with Gasteiger partial charge in [0, 0.05) is 0 Å². The fourth-order valence-electron chi connectivity index (χ4n) is 1.53. The minimum atomic E-state index is -0.501. The first-order valence-electron chi connectivity index (χ1n) is 5.76. The van der Waals surface area contributed by atoms with Crippen LogP contribution in [0.4, 0.5) is 10.5 Å². The second-order valence-electron chi connectivity index (χ2n) is 3.75. The van der Waals surface area contributed by atoms with Crippen molar-refractivity contribution < 1.29 is 4.79 Å². The fourth-order valence-corrected chi connectivity index (χ4v) is 1.53. The number of anilines is 1. The third-order valence-corrected chi connectivity index (χ3v) is 2.44. The third-order valence-electron chi connectivity index (χ3n) is 2.44. The Hall–Kier alpha value is -2.66. The van der Waals surface area contributed by atoms with Crippen LogP contribution in [0.15, 0.2) is 65.8 Å². The highest BCUT2D eigenvalue weighted by molar-refractivity contribution is 5.93. The first kappa shape index (κ1) is 12.8. The number of carbonyl (C=O) groups excluding carboxylic acids is 1. The lowest BCUT2D eigenvalue weighted by molar-refractivity contribution is 0.247. The molecule has 2 rings (SSSR count). The minimum Gasteiger partial charge on any atom is -0.274 e. The molecule has 0 atom stereocenters. The lowest BCUT2D eigenvalue weighted by Crippen LogP contribution is -2.40. The third kappa shape index (κ3) is 3.40. The van der Waals surface area contributed by atoms with Gasteiger partial charge < -0.3 is 0 Å². The van der Waals surface area contributed by atoms with Gasteiger partial charge in [-0.25, -0.2) is 10.6 Å². The first-order valence-corrected chi connectivity index (χ1v) is 5.76. The zero-order chi connectivity index (χ0) is 13.5. The van der Waals surface area contributed by atoms with Gasteiger partial charge in [-0.05, 0) is 17.7 Å². The van der Waals surface area contributed by atoms with E-state index in [4.69, 9.17) is 5.84 Å². The molecule has 0 aliphatic heterocycles. The van der Waals surface area contributed by atoms with E-state index in [0.29, 0.717) is 5.69 Å². The number of amides is 2. The van der Waals surface area contributed by atoms with Crippen molar-refractivity contribution in [3.63, 3.8) is 0 Å². The quantitative estimate of drug-likeness (QED) is 0.381. The van der Waals surface area contributed by atoms with E-state index >= 15 is 0 Å². The Labute approximate surface area is 111 Å². The Balaban J connectivity index is 2.25. The Kier molecular flexibility index (Phi) is 4.25. The lowest BCUT2D eigenvalue weighted by atomic mass is 10.2. The summed E-state index contributed by atoms with van der Waals surface area (Å²) in [7, 11) is 0. The van der Waals surface area contributed by atoms with Crippen LogP contribution in [-0.2, 0) is 0 Å². The number of para-hydroxylation sites is 1. The van der Waals surface area contributed by atoms with Gasteiger partial charge in [0.15, 0.2) is 0 Å². The van der Waals surface area contributed by atoms with Crippen LogP contribution >= 0.6 is 0 Å². The van der Waals surface area contributed by atoms with Crippen molar-refractivity contribution in [1.82, 2.24) is 5.43 Å². The average molecular weight is 254 g/mol. The lowest BCUT2D eigenvalue weighted by Gasteiger charge is -2.15. The molecule has 0 bridgehead atoms. The number of nitrogens with one attached hydrogen (secondary N) is 1. The summed E-state index contributed by atoms with van der Waals surface area (Å²) in [6, 6.07) is 18.1. The molecule has 0 unspecified atom stereocenters. The fraction of sp³-hybridized carbons (Fsp3) is 0. The standard InChI is InChI=1S/C14H14N4O/c15-17-14(19)18(13-9-5-2-6-10-13)16-11-12-7-3-1-4-8-12/h1-11H,15H2,(H,17,19)/b16-11+. The van der Waals surface area contributed by atoms with Gasteiger partial charge in [-0.15, -0.1) is 0 Å². The number of hydrogen-bond acceptors (Lipinski definition) is 3. The SMILES string of the molecule is NNC(=O)N(/N=C/c1ccccc1)c1ccccc1. The number of nitrogens with zero attached hydrogens (tertiary/aromatic N) is 2. The first-order chi connectivity index (χ1) is 9.31. The van der Waals surface area contributed by atoms with Crippen molar-refractivity contribution in [2.45, 2.75) is 0 Å². The Morgan fingerprint density at radius 1 is 1.05 bits per heavy atom. The summed E-state index contributed by atoms with van der Waals surface area (Å²) in [4.78, 5) is 11.7. The number of nitrogens with two attached hydrogens (primary N) is 1. The van der Waals surface area contributed by atoms with Gasteiger partial charge in [0.05, 0.1) is 11.9 Å². The van der Waals surface area contributed by atoms with Crippen LogP contribution in [0.2, 0.25) is 0 Å². The maximum absolute atomic E-state index is 11.7. The van der Waals surface area contributed by atoms with Crippen LogP contribution in [0.25, 0.3) is 0 Å². The number of hydrogen-bond donors (Lipinski definition) is 2. The van der Waals surface area contributed by atoms with Gasteiger partial charge in [-0.2, -0.15) is 10.1 Å². The summed E-state index contributed by atoms with van der Waals surface area (Å²) in [5, 5.41) is 5.35. The number of urea groups is 1. The van der Waals surface area contributed by atoms with Gasteiger partial charge >= 0.3 is 6.03 Å². The summed E-state index contributed by atoms with van der Waals surface area (Å²) in [5.74, 6) is 5.16. The normalized spacial score (nSPS) is 10.4. The topological polar surface area (TPSA) is 70.7 Å². The van der Waals surface area contributed by atoms with E-state index in [2.05, 4.69) is 10.5 Å². The Bertz CT molecular complexity index is 554. The van der Waals surface area contributed by atoms with Crippen molar-refractivity contribution >= 4 is 17.9 Å². The molecular formula is C14H14N4O. The predicted molar refractivity (Wildman–Crippen MR) is 75.7 cm³/mol. The van der Waals surface area contributed by atoms with Crippen molar-refractivity contribution in [3.8, 4) is 0 Å². The largest absolute Gasteiger partial charge is 0.356 e. The van der Waals surface area contributed by atoms with Crippen molar-refractivity contribution in [2.24, 2.45) is 10.9 Å². The summed E-state index contributed by atoms with van der Waals surface area (Å²) in [6.07, 6.45) is 1.60. The van der Waals surface area contributed by atoms with E-state index in [1.54, 1.807) is 18.3 Å². The van der Waals surface area contributed by atoms with Gasteiger partial charge in [0.25, 0.3) is 0 Å². The van der Waals surface area contributed by atoms with Crippen LogP contribution in [0.3, 0.4) is 0 Å². The van der Waals surface area contributed by atoms with Crippen molar-refractivity contribution in [3.05, 3.63) is 66.2 Å². The maximum atomic E-state index is 11.7. The molecule has 5 heteroatoms. The molecule has 3 N–H and O–H groups in total. The van der Waals surface area contributed by atoms with Gasteiger partial charge in [0.1, 0.15) is 0 Å². The second kappa shape index (κ2) is 6.32. The van der Waals surface area contributed by atoms with E-state index < -0.39 is 6.03 Å².